The Balaban J connectivity index is 2.47. The maximum atomic E-state index is 11.9. The van der Waals surface area contributed by atoms with Crippen molar-refractivity contribution in [2.75, 3.05) is 0 Å². The maximum Gasteiger partial charge on any atom is 0.321 e. The van der Waals surface area contributed by atoms with Crippen LogP contribution >= 0.6 is 0 Å². The summed E-state index contributed by atoms with van der Waals surface area (Å²) in [6.45, 7) is 7.39. The first-order valence-electron chi connectivity index (χ1n) is 6.82. The summed E-state index contributed by atoms with van der Waals surface area (Å²) in [7, 11) is 0. The lowest BCUT2D eigenvalue weighted by molar-refractivity contribution is -0.121. The average Bonchev–Trinajstić information content (AvgIpc) is 2.38. The first kappa shape index (κ1) is 16.2. The third kappa shape index (κ3) is 5.40. The van der Waals surface area contributed by atoms with Crippen LogP contribution in [-0.4, -0.2) is 24.0 Å². The number of nitrogens with one attached hydrogen (secondary N) is 3. The fourth-order valence-corrected chi connectivity index (χ4v) is 1.81. The summed E-state index contributed by atoms with van der Waals surface area (Å²) in [5.74, 6) is -0.342. The molecule has 1 aromatic carbocycles. The van der Waals surface area contributed by atoms with E-state index >= 15 is 0 Å². The highest BCUT2D eigenvalue weighted by atomic mass is 16.2. The molecule has 0 saturated carbocycles. The van der Waals surface area contributed by atoms with Gasteiger partial charge < -0.3 is 5.32 Å². The van der Waals surface area contributed by atoms with E-state index in [9.17, 15) is 9.59 Å². The summed E-state index contributed by atoms with van der Waals surface area (Å²) >= 11 is 0. The SMILES string of the molecule is CC(C)NC(=O)NC(=O)[C@@H](C)N[C@H](C)c1ccccc1. The zero-order valence-corrected chi connectivity index (χ0v) is 12.4. The van der Waals surface area contributed by atoms with E-state index in [2.05, 4.69) is 16.0 Å². The van der Waals surface area contributed by atoms with Crippen molar-refractivity contribution in [1.29, 1.82) is 0 Å². The van der Waals surface area contributed by atoms with Gasteiger partial charge in [-0.15, -0.1) is 0 Å². The molecule has 0 spiro atoms. The molecule has 0 aliphatic heterocycles. The van der Waals surface area contributed by atoms with Gasteiger partial charge in [-0.05, 0) is 33.3 Å². The molecule has 1 aromatic rings. The van der Waals surface area contributed by atoms with Gasteiger partial charge in [0, 0.05) is 12.1 Å². The van der Waals surface area contributed by atoms with Crippen LogP contribution < -0.4 is 16.0 Å². The van der Waals surface area contributed by atoms with Crippen molar-refractivity contribution in [3.05, 3.63) is 35.9 Å². The highest BCUT2D eigenvalue weighted by Gasteiger charge is 2.18. The van der Waals surface area contributed by atoms with Crippen LogP contribution in [0.5, 0.6) is 0 Å². The van der Waals surface area contributed by atoms with E-state index in [-0.39, 0.29) is 18.0 Å². The van der Waals surface area contributed by atoms with Crippen molar-refractivity contribution >= 4 is 11.9 Å². The van der Waals surface area contributed by atoms with Crippen LogP contribution in [-0.2, 0) is 4.79 Å². The van der Waals surface area contributed by atoms with Crippen LogP contribution in [0.15, 0.2) is 30.3 Å². The Morgan fingerprint density at radius 1 is 1.00 bits per heavy atom. The molecule has 0 unspecified atom stereocenters. The van der Waals surface area contributed by atoms with E-state index < -0.39 is 12.1 Å². The molecule has 5 heteroatoms. The monoisotopic (exact) mass is 277 g/mol. The van der Waals surface area contributed by atoms with Gasteiger partial charge in [0.25, 0.3) is 0 Å². The number of amides is 3. The molecule has 1 rings (SSSR count). The predicted octanol–water partition coefficient (Wildman–Crippen LogP) is 1.96. The van der Waals surface area contributed by atoms with Crippen molar-refractivity contribution in [2.24, 2.45) is 0 Å². The van der Waals surface area contributed by atoms with E-state index in [1.54, 1.807) is 6.92 Å². The first-order valence-corrected chi connectivity index (χ1v) is 6.82. The van der Waals surface area contributed by atoms with Crippen LogP contribution in [0.1, 0.15) is 39.3 Å². The average molecular weight is 277 g/mol. The highest BCUT2D eigenvalue weighted by Crippen LogP contribution is 2.11. The molecule has 0 bridgehead atoms. The normalized spacial score (nSPS) is 13.7. The number of carbonyl (C=O) groups excluding carboxylic acids is 2. The molecule has 0 saturated heterocycles. The lowest BCUT2D eigenvalue weighted by atomic mass is 10.1. The Bertz CT molecular complexity index is 446. The van der Waals surface area contributed by atoms with Gasteiger partial charge >= 0.3 is 6.03 Å². The lowest BCUT2D eigenvalue weighted by Crippen LogP contribution is -2.49. The van der Waals surface area contributed by atoms with Gasteiger partial charge in [0.1, 0.15) is 0 Å². The molecule has 3 amide bonds. The molecular formula is C15H23N3O2. The maximum absolute atomic E-state index is 11.9. The third-order valence-corrected chi connectivity index (χ3v) is 2.85. The molecule has 0 fully saturated rings. The van der Waals surface area contributed by atoms with Crippen molar-refractivity contribution in [3.8, 4) is 0 Å². The van der Waals surface area contributed by atoms with Crippen molar-refractivity contribution in [2.45, 2.75) is 45.8 Å². The van der Waals surface area contributed by atoms with Gasteiger partial charge in [0.2, 0.25) is 5.91 Å². The molecule has 20 heavy (non-hydrogen) atoms. The van der Waals surface area contributed by atoms with Gasteiger partial charge in [-0.2, -0.15) is 0 Å². The molecule has 0 aliphatic carbocycles. The quantitative estimate of drug-likeness (QED) is 0.770. The summed E-state index contributed by atoms with van der Waals surface area (Å²) in [5, 5.41) is 8.09. The molecule has 2 atom stereocenters. The van der Waals surface area contributed by atoms with Gasteiger partial charge in [-0.25, -0.2) is 4.79 Å². The predicted molar refractivity (Wildman–Crippen MR) is 79.3 cm³/mol. The number of rotatable bonds is 5. The van der Waals surface area contributed by atoms with E-state index in [4.69, 9.17) is 0 Å². The summed E-state index contributed by atoms with van der Waals surface area (Å²) < 4.78 is 0. The Morgan fingerprint density at radius 2 is 1.60 bits per heavy atom. The third-order valence-electron chi connectivity index (χ3n) is 2.85. The van der Waals surface area contributed by atoms with Crippen LogP contribution in [0.4, 0.5) is 4.79 Å². The van der Waals surface area contributed by atoms with Gasteiger partial charge in [-0.1, -0.05) is 30.3 Å². The second-order valence-electron chi connectivity index (χ2n) is 5.14. The zero-order valence-electron chi connectivity index (χ0n) is 12.4. The summed E-state index contributed by atoms with van der Waals surface area (Å²) in [6.07, 6.45) is 0. The van der Waals surface area contributed by atoms with E-state index in [1.807, 2.05) is 51.1 Å². The Hall–Kier alpha value is -1.88. The largest absolute Gasteiger partial charge is 0.336 e. The summed E-state index contributed by atoms with van der Waals surface area (Å²) in [6, 6.07) is 8.95. The smallest absolute Gasteiger partial charge is 0.321 e. The summed E-state index contributed by atoms with van der Waals surface area (Å²) in [4.78, 5) is 23.3. The molecule has 110 valence electrons. The minimum absolute atomic E-state index is 0.00527. The number of hydrogen-bond acceptors (Lipinski definition) is 3. The Kier molecular flexibility index (Phi) is 6.18. The van der Waals surface area contributed by atoms with Gasteiger partial charge in [0.15, 0.2) is 0 Å². The fourth-order valence-electron chi connectivity index (χ4n) is 1.81. The van der Waals surface area contributed by atoms with Crippen molar-refractivity contribution < 1.29 is 9.59 Å². The van der Waals surface area contributed by atoms with Crippen LogP contribution in [0.3, 0.4) is 0 Å². The number of hydrogen-bond donors (Lipinski definition) is 3. The number of imide groups is 1. The van der Waals surface area contributed by atoms with Gasteiger partial charge in [0.05, 0.1) is 6.04 Å². The minimum atomic E-state index is -0.467. The van der Waals surface area contributed by atoms with E-state index in [1.165, 1.54) is 0 Å². The molecule has 0 radical (unpaired) electrons. The van der Waals surface area contributed by atoms with Crippen LogP contribution in [0.2, 0.25) is 0 Å². The molecule has 0 aromatic heterocycles. The zero-order chi connectivity index (χ0) is 15.1. The van der Waals surface area contributed by atoms with Crippen molar-refractivity contribution in [1.82, 2.24) is 16.0 Å². The highest BCUT2D eigenvalue weighted by molar-refractivity contribution is 5.96. The van der Waals surface area contributed by atoms with E-state index in [0.29, 0.717) is 0 Å². The minimum Gasteiger partial charge on any atom is -0.336 e. The fraction of sp³-hybridized carbons (Fsp3) is 0.467. The molecule has 3 N–H and O–H groups in total. The molecular weight excluding hydrogens is 254 g/mol. The molecule has 5 nitrogen and oxygen atoms in total. The topological polar surface area (TPSA) is 70.2 Å². The molecule has 0 aliphatic rings. The standard InChI is InChI=1S/C15H23N3O2/c1-10(2)16-15(20)18-14(19)12(4)17-11(3)13-8-6-5-7-9-13/h5-12,17H,1-4H3,(H2,16,18,19,20)/t11-,12-/m1/s1. The molecule has 0 heterocycles. The first-order chi connectivity index (χ1) is 9.40. The number of urea groups is 1. The van der Waals surface area contributed by atoms with Gasteiger partial charge in [-0.3, -0.25) is 15.4 Å². The second-order valence-corrected chi connectivity index (χ2v) is 5.14. The Morgan fingerprint density at radius 3 is 2.15 bits per heavy atom. The van der Waals surface area contributed by atoms with E-state index in [0.717, 1.165) is 5.56 Å². The lowest BCUT2D eigenvalue weighted by Gasteiger charge is -2.20. The second kappa shape index (κ2) is 7.65. The van der Waals surface area contributed by atoms with Crippen LogP contribution in [0, 0.1) is 0 Å². The number of benzene rings is 1. The summed E-state index contributed by atoms with van der Waals surface area (Å²) in [5.41, 5.74) is 1.10. The van der Waals surface area contributed by atoms with Crippen molar-refractivity contribution in [3.63, 3.8) is 0 Å². The van der Waals surface area contributed by atoms with Crippen LogP contribution in [0.25, 0.3) is 0 Å². The Labute approximate surface area is 120 Å². The number of carbonyl (C=O) groups is 2.